The van der Waals surface area contributed by atoms with Crippen molar-refractivity contribution in [2.45, 2.75) is 19.8 Å². The van der Waals surface area contributed by atoms with Crippen LogP contribution in [0.5, 0.6) is 5.88 Å². The molecule has 0 radical (unpaired) electrons. The summed E-state index contributed by atoms with van der Waals surface area (Å²) in [6, 6.07) is 0. The van der Waals surface area contributed by atoms with Crippen molar-refractivity contribution in [3.05, 3.63) is 15.9 Å². The molecule has 0 bridgehead atoms. The first-order valence-corrected chi connectivity index (χ1v) is 6.37. The molecule has 1 aromatic rings. The summed E-state index contributed by atoms with van der Waals surface area (Å²) >= 11 is 0. The number of H-pyrrole nitrogens is 1. The van der Waals surface area contributed by atoms with Crippen LogP contribution in [0.3, 0.4) is 0 Å². The summed E-state index contributed by atoms with van der Waals surface area (Å²) in [6.45, 7) is 5.45. The topological polar surface area (TPSA) is 72.5 Å². The third kappa shape index (κ3) is 2.64. The van der Waals surface area contributed by atoms with Gasteiger partial charge >= 0.3 is 0 Å². The Balaban J connectivity index is 2.22. The maximum atomic E-state index is 11.9. The zero-order valence-electron chi connectivity index (χ0n) is 10.9. The van der Waals surface area contributed by atoms with Gasteiger partial charge in [0.15, 0.2) is 0 Å². The van der Waals surface area contributed by atoms with Crippen molar-refractivity contribution in [1.82, 2.24) is 14.9 Å². The summed E-state index contributed by atoms with van der Waals surface area (Å²) in [6.07, 6.45) is 1.36. The Morgan fingerprint density at radius 1 is 1.33 bits per heavy atom. The van der Waals surface area contributed by atoms with E-state index in [9.17, 15) is 9.90 Å². The average Bonchev–Trinajstić information content (AvgIpc) is 2.34. The van der Waals surface area contributed by atoms with Gasteiger partial charge in [0, 0.05) is 26.2 Å². The van der Waals surface area contributed by atoms with Crippen molar-refractivity contribution in [2.75, 3.05) is 38.1 Å². The highest BCUT2D eigenvalue weighted by Gasteiger charge is 2.18. The summed E-state index contributed by atoms with van der Waals surface area (Å²) in [5.74, 6) is 0.347. The molecule has 18 heavy (non-hydrogen) atoms. The van der Waals surface area contributed by atoms with Gasteiger partial charge in [-0.1, -0.05) is 13.3 Å². The van der Waals surface area contributed by atoms with Crippen LogP contribution in [0, 0.1) is 0 Å². The van der Waals surface area contributed by atoms with Crippen LogP contribution in [-0.2, 0) is 6.42 Å². The summed E-state index contributed by atoms with van der Waals surface area (Å²) in [5.41, 5.74) is 0.161. The lowest BCUT2D eigenvalue weighted by Gasteiger charge is -2.32. The molecule has 2 N–H and O–H groups in total. The Labute approximate surface area is 106 Å². The number of likely N-dealkylation sites (N-methyl/N-ethyl adjacent to an activating group) is 1. The highest BCUT2D eigenvalue weighted by molar-refractivity contribution is 5.36. The summed E-state index contributed by atoms with van der Waals surface area (Å²) in [5, 5.41) is 9.82. The predicted octanol–water partition coefficient (Wildman–Crippen LogP) is 0.180. The van der Waals surface area contributed by atoms with Crippen LogP contribution in [-0.4, -0.2) is 53.2 Å². The molecule has 6 nitrogen and oxygen atoms in total. The molecule has 6 heteroatoms. The quantitative estimate of drug-likeness (QED) is 0.803. The van der Waals surface area contributed by atoms with Crippen LogP contribution < -0.4 is 10.5 Å². The Bertz CT molecular complexity index is 464. The van der Waals surface area contributed by atoms with Gasteiger partial charge in [-0.3, -0.25) is 9.78 Å². The monoisotopic (exact) mass is 252 g/mol. The summed E-state index contributed by atoms with van der Waals surface area (Å²) in [7, 11) is 2.06. The second kappa shape index (κ2) is 5.39. The van der Waals surface area contributed by atoms with E-state index in [2.05, 4.69) is 21.9 Å². The number of piperazine rings is 1. The molecule has 0 spiro atoms. The number of aromatic hydroxyl groups is 1. The number of aromatic amines is 1. The number of anilines is 1. The van der Waals surface area contributed by atoms with Crippen molar-refractivity contribution < 1.29 is 5.11 Å². The molecule has 0 aliphatic carbocycles. The van der Waals surface area contributed by atoms with E-state index < -0.39 is 0 Å². The lowest BCUT2D eigenvalue weighted by atomic mass is 10.2. The number of hydrogen-bond donors (Lipinski definition) is 2. The van der Waals surface area contributed by atoms with Gasteiger partial charge in [-0.15, -0.1) is 0 Å². The van der Waals surface area contributed by atoms with Gasteiger partial charge in [-0.25, -0.2) is 0 Å². The summed E-state index contributed by atoms with van der Waals surface area (Å²) < 4.78 is 0. The van der Waals surface area contributed by atoms with Crippen LogP contribution in [0.1, 0.15) is 18.9 Å². The fourth-order valence-corrected chi connectivity index (χ4v) is 2.12. The minimum Gasteiger partial charge on any atom is -0.493 e. The Morgan fingerprint density at radius 3 is 2.56 bits per heavy atom. The van der Waals surface area contributed by atoms with Gasteiger partial charge in [0.2, 0.25) is 11.8 Å². The molecule has 100 valence electrons. The van der Waals surface area contributed by atoms with E-state index in [1.807, 2.05) is 11.8 Å². The van der Waals surface area contributed by atoms with Gasteiger partial charge in [-0.05, 0) is 13.5 Å². The summed E-state index contributed by atoms with van der Waals surface area (Å²) in [4.78, 5) is 23.0. The maximum Gasteiger partial charge on any atom is 0.259 e. The number of hydrogen-bond acceptors (Lipinski definition) is 5. The molecule has 1 aromatic heterocycles. The van der Waals surface area contributed by atoms with Crippen molar-refractivity contribution in [3.8, 4) is 5.88 Å². The van der Waals surface area contributed by atoms with Crippen LogP contribution >= 0.6 is 0 Å². The predicted molar refractivity (Wildman–Crippen MR) is 70.2 cm³/mol. The first-order valence-electron chi connectivity index (χ1n) is 6.37. The molecule has 0 aromatic carbocycles. The molecule has 2 rings (SSSR count). The number of nitrogens with zero attached hydrogens (tertiary/aromatic N) is 3. The van der Waals surface area contributed by atoms with E-state index in [4.69, 9.17) is 0 Å². The third-order valence-corrected chi connectivity index (χ3v) is 3.28. The fraction of sp³-hybridized carbons (Fsp3) is 0.667. The van der Waals surface area contributed by atoms with E-state index in [-0.39, 0.29) is 11.4 Å². The average molecular weight is 252 g/mol. The lowest BCUT2D eigenvalue weighted by Crippen LogP contribution is -2.45. The van der Waals surface area contributed by atoms with E-state index in [0.717, 1.165) is 32.6 Å². The van der Waals surface area contributed by atoms with Gasteiger partial charge in [0.05, 0.1) is 5.56 Å². The second-order valence-electron chi connectivity index (χ2n) is 4.73. The van der Waals surface area contributed by atoms with Gasteiger partial charge in [0.1, 0.15) is 0 Å². The Kier molecular flexibility index (Phi) is 3.86. The maximum absolute atomic E-state index is 11.9. The Morgan fingerprint density at radius 2 is 2.00 bits per heavy atom. The molecule has 1 fully saturated rings. The van der Waals surface area contributed by atoms with Crippen molar-refractivity contribution in [3.63, 3.8) is 0 Å². The zero-order valence-corrected chi connectivity index (χ0v) is 10.9. The smallest absolute Gasteiger partial charge is 0.259 e. The molecule has 1 aliphatic rings. The third-order valence-electron chi connectivity index (χ3n) is 3.28. The van der Waals surface area contributed by atoms with E-state index in [0.29, 0.717) is 17.9 Å². The fourth-order valence-electron chi connectivity index (χ4n) is 2.12. The van der Waals surface area contributed by atoms with Crippen LogP contribution in [0.15, 0.2) is 4.79 Å². The van der Waals surface area contributed by atoms with Crippen LogP contribution in [0.2, 0.25) is 0 Å². The minimum atomic E-state index is -0.224. The molecule has 0 atom stereocenters. The van der Waals surface area contributed by atoms with E-state index in [1.54, 1.807) is 0 Å². The van der Waals surface area contributed by atoms with E-state index in [1.165, 1.54) is 0 Å². The van der Waals surface area contributed by atoms with Gasteiger partial charge in [0.25, 0.3) is 5.56 Å². The number of rotatable bonds is 3. The molecule has 0 saturated carbocycles. The molecular weight excluding hydrogens is 232 g/mol. The van der Waals surface area contributed by atoms with Crippen molar-refractivity contribution >= 4 is 5.95 Å². The van der Waals surface area contributed by atoms with Crippen LogP contribution in [0.4, 0.5) is 5.95 Å². The standard InChI is InChI=1S/C12H20N4O2/c1-3-4-9-10(17)13-12(14-11(9)18)16-7-5-15(2)6-8-16/h3-8H2,1-2H3,(H2,13,14,17,18). The Hall–Kier alpha value is -1.56. The normalized spacial score (nSPS) is 17.1. The highest BCUT2D eigenvalue weighted by atomic mass is 16.3. The minimum absolute atomic E-state index is 0.130. The lowest BCUT2D eigenvalue weighted by molar-refractivity contribution is 0.310. The largest absolute Gasteiger partial charge is 0.493 e. The molecule has 0 unspecified atom stereocenters. The highest BCUT2D eigenvalue weighted by Crippen LogP contribution is 2.16. The van der Waals surface area contributed by atoms with Gasteiger partial charge in [-0.2, -0.15) is 4.98 Å². The van der Waals surface area contributed by atoms with Gasteiger partial charge < -0.3 is 14.9 Å². The zero-order chi connectivity index (χ0) is 13.1. The SMILES string of the molecule is CCCc1c(O)nc(N2CCN(C)CC2)[nH]c1=O. The van der Waals surface area contributed by atoms with Crippen molar-refractivity contribution in [1.29, 1.82) is 0 Å². The first-order chi connectivity index (χ1) is 8.61. The first kappa shape index (κ1) is 12.9. The molecule has 2 heterocycles. The molecule has 1 saturated heterocycles. The number of aromatic nitrogens is 2. The molecule has 1 aliphatic heterocycles. The van der Waals surface area contributed by atoms with E-state index >= 15 is 0 Å². The molecular formula is C12H20N4O2. The number of nitrogens with one attached hydrogen (secondary N) is 1. The van der Waals surface area contributed by atoms with Crippen molar-refractivity contribution in [2.24, 2.45) is 0 Å². The molecule has 0 amide bonds. The van der Waals surface area contributed by atoms with Crippen LogP contribution in [0.25, 0.3) is 0 Å². The second-order valence-corrected chi connectivity index (χ2v) is 4.73.